The average Bonchev–Trinajstić information content (AvgIpc) is 2.78. The molecule has 2 nitrogen and oxygen atoms in total. The number of para-hydroxylation sites is 1. The first-order chi connectivity index (χ1) is 8.27. The van der Waals surface area contributed by atoms with Crippen LogP contribution in [0.1, 0.15) is 5.69 Å². The van der Waals surface area contributed by atoms with Crippen molar-refractivity contribution in [2.24, 2.45) is 0 Å². The molecule has 0 saturated heterocycles. The second kappa shape index (κ2) is 3.86. The molecule has 0 unspecified atom stereocenters. The van der Waals surface area contributed by atoms with Gasteiger partial charge in [-0.25, -0.2) is 0 Å². The Labute approximate surface area is 103 Å². The number of thiophene rings is 1. The topological polar surface area (TPSA) is 22.0 Å². The summed E-state index contributed by atoms with van der Waals surface area (Å²) in [6.07, 6.45) is 0. The van der Waals surface area contributed by atoms with Crippen molar-refractivity contribution in [3.63, 3.8) is 0 Å². The minimum atomic E-state index is 0.0625. The Morgan fingerprint density at radius 2 is 1.88 bits per heavy atom. The molecule has 0 spiro atoms. The van der Waals surface area contributed by atoms with Gasteiger partial charge in [-0.05, 0) is 36.6 Å². The first-order valence-electron chi connectivity index (χ1n) is 5.42. The van der Waals surface area contributed by atoms with Gasteiger partial charge in [0, 0.05) is 16.1 Å². The van der Waals surface area contributed by atoms with Crippen molar-refractivity contribution in [2.75, 3.05) is 0 Å². The van der Waals surface area contributed by atoms with Crippen molar-refractivity contribution >= 4 is 21.4 Å². The van der Waals surface area contributed by atoms with E-state index in [2.05, 4.69) is 6.07 Å². The Kier molecular flexibility index (Phi) is 2.34. The summed E-state index contributed by atoms with van der Waals surface area (Å²) < 4.78 is 2.81. The normalized spacial score (nSPS) is 10.9. The smallest absolute Gasteiger partial charge is 0.264 e. The highest BCUT2D eigenvalue weighted by atomic mass is 32.1. The summed E-state index contributed by atoms with van der Waals surface area (Å²) in [6, 6.07) is 13.7. The van der Waals surface area contributed by atoms with E-state index in [-0.39, 0.29) is 5.56 Å². The number of hydrogen-bond acceptors (Lipinski definition) is 2. The molecule has 17 heavy (non-hydrogen) atoms. The summed E-state index contributed by atoms with van der Waals surface area (Å²) in [6.45, 7) is 1.97. The Morgan fingerprint density at radius 3 is 2.65 bits per heavy atom. The van der Waals surface area contributed by atoms with Crippen molar-refractivity contribution in [1.29, 1.82) is 0 Å². The number of rotatable bonds is 1. The summed E-state index contributed by atoms with van der Waals surface area (Å²) in [5.74, 6) is 0. The molecule has 0 N–H and O–H groups in total. The SMILES string of the molecule is Cc1cc2sccc2c(=O)n1-c1ccccc1. The van der Waals surface area contributed by atoms with Gasteiger partial charge in [0.2, 0.25) is 0 Å². The second-order valence-corrected chi connectivity index (χ2v) is 4.91. The van der Waals surface area contributed by atoms with Gasteiger partial charge in [-0.3, -0.25) is 9.36 Å². The first-order valence-corrected chi connectivity index (χ1v) is 6.30. The minimum absolute atomic E-state index is 0.0625. The van der Waals surface area contributed by atoms with Crippen molar-refractivity contribution < 1.29 is 0 Å². The Bertz CT molecular complexity index is 725. The predicted octanol–water partition coefficient (Wildman–Crippen LogP) is 3.36. The standard InChI is InChI=1S/C14H11NOS/c1-10-9-13-12(7-8-17-13)14(16)15(10)11-5-3-2-4-6-11/h2-9H,1H3. The van der Waals surface area contributed by atoms with Crippen LogP contribution in [0.2, 0.25) is 0 Å². The van der Waals surface area contributed by atoms with E-state index in [1.165, 1.54) is 0 Å². The lowest BCUT2D eigenvalue weighted by Crippen LogP contribution is -2.19. The number of aryl methyl sites for hydroxylation is 1. The zero-order valence-electron chi connectivity index (χ0n) is 9.38. The molecule has 3 rings (SSSR count). The zero-order valence-corrected chi connectivity index (χ0v) is 10.2. The summed E-state index contributed by atoms with van der Waals surface area (Å²) in [4.78, 5) is 12.4. The molecule has 0 saturated carbocycles. The molecule has 0 radical (unpaired) electrons. The maximum Gasteiger partial charge on any atom is 0.264 e. The Balaban J connectivity index is 2.40. The minimum Gasteiger partial charge on any atom is -0.281 e. The average molecular weight is 241 g/mol. The largest absolute Gasteiger partial charge is 0.281 e. The van der Waals surface area contributed by atoms with Gasteiger partial charge in [-0.1, -0.05) is 18.2 Å². The van der Waals surface area contributed by atoms with Crippen molar-refractivity contribution in [3.05, 3.63) is 63.9 Å². The monoisotopic (exact) mass is 241 g/mol. The van der Waals surface area contributed by atoms with Gasteiger partial charge in [-0.2, -0.15) is 0 Å². The van der Waals surface area contributed by atoms with Crippen molar-refractivity contribution in [3.8, 4) is 5.69 Å². The zero-order chi connectivity index (χ0) is 11.8. The molecule has 0 fully saturated rings. The molecule has 84 valence electrons. The van der Waals surface area contributed by atoms with Crippen LogP contribution in [0.4, 0.5) is 0 Å². The Morgan fingerprint density at radius 1 is 1.12 bits per heavy atom. The van der Waals surface area contributed by atoms with E-state index in [1.807, 2.05) is 48.7 Å². The van der Waals surface area contributed by atoms with E-state index >= 15 is 0 Å². The molecule has 2 heterocycles. The lowest BCUT2D eigenvalue weighted by Gasteiger charge is -2.09. The number of hydrogen-bond donors (Lipinski definition) is 0. The maximum atomic E-state index is 12.4. The molecule has 0 bridgehead atoms. The number of aromatic nitrogens is 1. The van der Waals surface area contributed by atoms with E-state index in [9.17, 15) is 4.79 Å². The summed E-state index contributed by atoms with van der Waals surface area (Å²) >= 11 is 1.61. The van der Waals surface area contributed by atoms with Gasteiger partial charge < -0.3 is 0 Å². The van der Waals surface area contributed by atoms with Crippen LogP contribution < -0.4 is 5.56 Å². The fourth-order valence-electron chi connectivity index (χ4n) is 2.04. The van der Waals surface area contributed by atoms with E-state index in [0.29, 0.717) is 0 Å². The van der Waals surface area contributed by atoms with Gasteiger partial charge in [0.1, 0.15) is 0 Å². The van der Waals surface area contributed by atoms with Crippen LogP contribution in [0.25, 0.3) is 15.8 Å². The molecule has 3 aromatic rings. The van der Waals surface area contributed by atoms with Gasteiger partial charge in [0.15, 0.2) is 0 Å². The molecule has 1 aromatic carbocycles. The molecule has 3 heteroatoms. The lowest BCUT2D eigenvalue weighted by atomic mass is 10.2. The predicted molar refractivity (Wildman–Crippen MR) is 72.2 cm³/mol. The molecular formula is C14H11NOS. The third-order valence-electron chi connectivity index (χ3n) is 2.84. The van der Waals surface area contributed by atoms with Crippen molar-refractivity contribution in [1.82, 2.24) is 4.57 Å². The third-order valence-corrected chi connectivity index (χ3v) is 3.70. The molecule has 2 aromatic heterocycles. The fraction of sp³-hybridized carbons (Fsp3) is 0.0714. The highest BCUT2D eigenvalue weighted by Crippen LogP contribution is 2.20. The van der Waals surface area contributed by atoms with E-state index in [0.717, 1.165) is 21.5 Å². The number of nitrogens with zero attached hydrogens (tertiary/aromatic N) is 1. The molecule has 0 aliphatic heterocycles. The molecular weight excluding hydrogens is 230 g/mol. The highest BCUT2D eigenvalue weighted by molar-refractivity contribution is 7.17. The van der Waals surface area contributed by atoms with Crippen molar-refractivity contribution in [2.45, 2.75) is 6.92 Å². The van der Waals surface area contributed by atoms with E-state index in [1.54, 1.807) is 15.9 Å². The van der Waals surface area contributed by atoms with Gasteiger partial charge in [0.25, 0.3) is 5.56 Å². The van der Waals surface area contributed by atoms with Gasteiger partial charge in [-0.15, -0.1) is 11.3 Å². The van der Waals surface area contributed by atoms with E-state index < -0.39 is 0 Å². The molecule has 0 amide bonds. The lowest BCUT2D eigenvalue weighted by molar-refractivity contribution is 0.952. The highest BCUT2D eigenvalue weighted by Gasteiger charge is 2.08. The van der Waals surface area contributed by atoms with Gasteiger partial charge >= 0.3 is 0 Å². The van der Waals surface area contributed by atoms with Crippen LogP contribution in [0.3, 0.4) is 0 Å². The summed E-state index contributed by atoms with van der Waals surface area (Å²) in [7, 11) is 0. The molecule has 0 aliphatic rings. The van der Waals surface area contributed by atoms with Crippen LogP contribution >= 0.6 is 11.3 Å². The number of fused-ring (bicyclic) bond motifs is 1. The Hall–Kier alpha value is -1.87. The van der Waals surface area contributed by atoms with Crippen LogP contribution in [0.5, 0.6) is 0 Å². The maximum absolute atomic E-state index is 12.4. The van der Waals surface area contributed by atoms with Gasteiger partial charge in [0.05, 0.1) is 5.39 Å². The summed E-state index contributed by atoms with van der Waals surface area (Å²) in [5, 5.41) is 2.75. The van der Waals surface area contributed by atoms with Crippen LogP contribution in [-0.2, 0) is 0 Å². The first kappa shape index (κ1) is 10.3. The molecule has 0 atom stereocenters. The fourth-order valence-corrected chi connectivity index (χ4v) is 2.91. The second-order valence-electron chi connectivity index (χ2n) is 3.96. The number of benzene rings is 1. The van der Waals surface area contributed by atoms with E-state index in [4.69, 9.17) is 0 Å². The summed E-state index contributed by atoms with van der Waals surface area (Å²) in [5.41, 5.74) is 1.95. The quantitative estimate of drug-likeness (QED) is 0.640. The van der Waals surface area contributed by atoms with Crippen LogP contribution in [-0.4, -0.2) is 4.57 Å². The van der Waals surface area contributed by atoms with Crippen LogP contribution in [0, 0.1) is 6.92 Å². The number of pyridine rings is 1. The third kappa shape index (κ3) is 1.59. The van der Waals surface area contributed by atoms with Crippen LogP contribution in [0.15, 0.2) is 52.6 Å². The molecule has 0 aliphatic carbocycles.